The topological polar surface area (TPSA) is 47.6 Å². The Morgan fingerprint density at radius 2 is 1.96 bits per heavy atom. The van der Waals surface area contributed by atoms with Crippen LogP contribution in [0.25, 0.3) is 10.4 Å². The summed E-state index contributed by atoms with van der Waals surface area (Å²) in [6.07, 6.45) is 0.978. The number of hydrogen-bond donors (Lipinski definition) is 1. The molecule has 1 atom stereocenters. The molecular weight excluding hydrogens is 310 g/mol. The van der Waals surface area contributed by atoms with Gasteiger partial charge < -0.3 is 14.8 Å². The predicted octanol–water partition coefficient (Wildman–Crippen LogP) is 4.31. The third kappa shape index (κ3) is 3.67. The number of rotatable bonds is 5. The maximum Gasteiger partial charge on any atom is 0.261 e. The maximum atomic E-state index is 12.3. The van der Waals surface area contributed by atoms with E-state index in [1.54, 1.807) is 0 Å². The summed E-state index contributed by atoms with van der Waals surface area (Å²) in [5.74, 6) is 2.09. The fraction of sp³-hybridized carbons (Fsp3) is 0.389. The number of thiophene rings is 1. The first-order valence-electron chi connectivity index (χ1n) is 7.83. The lowest BCUT2D eigenvalue weighted by atomic mass is 10.1. The lowest BCUT2D eigenvalue weighted by Gasteiger charge is -2.15. The average Bonchev–Trinajstić information content (AvgIpc) is 3.14. The highest BCUT2D eigenvalue weighted by molar-refractivity contribution is 7.17. The molecule has 23 heavy (non-hydrogen) atoms. The van der Waals surface area contributed by atoms with E-state index in [1.807, 2.05) is 37.3 Å². The molecule has 1 aliphatic rings. The lowest BCUT2D eigenvalue weighted by Crippen LogP contribution is -2.32. The van der Waals surface area contributed by atoms with Crippen molar-refractivity contribution in [3.63, 3.8) is 0 Å². The summed E-state index contributed by atoms with van der Waals surface area (Å²) in [5, 5.41) is 3.06. The highest BCUT2D eigenvalue weighted by atomic mass is 32.1. The van der Waals surface area contributed by atoms with Crippen LogP contribution in [0, 0.1) is 5.92 Å². The van der Waals surface area contributed by atoms with Crippen LogP contribution in [0.2, 0.25) is 0 Å². The number of amides is 1. The van der Waals surface area contributed by atoms with Crippen molar-refractivity contribution in [1.29, 1.82) is 0 Å². The van der Waals surface area contributed by atoms with Gasteiger partial charge in [0.2, 0.25) is 6.79 Å². The van der Waals surface area contributed by atoms with Crippen molar-refractivity contribution in [2.24, 2.45) is 5.92 Å². The minimum absolute atomic E-state index is 0.00450. The highest BCUT2D eigenvalue weighted by Crippen LogP contribution is 2.37. The van der Waals surface area contributed by atoms with Gasteiger partial charge in [-0.1, -0.05) is 13.8 Å². The van der Waals surface area contributed by atoms with E-state index < -0.39 is 0 Å². The standard InChI is InChI=1S/C18H21NO3S/c1-11(2)8-12(3)19-18(20)17-7-6-16(23-17)13-4-5-14-15(9-13)22-10-21-14/h4-7,9,11-12H,8,10H2,1-3H3,(H,19,20). The number of carbonyl (C=O) groups is 1. The molecule has 0 bridgehead atoms. The van der Waals surface area contributed by atoms with Gasteiger partial charge in [0.1, 0.15) is 0 Å². The van der Waals surface area contributed by atoms with Gasteiger partial charge in [0.05, 0.1) is 4.88 Å². The van der Waals surface area contributed by atoms with Gasteiger partial charge in [-0.25, -0.2) is 0 Å². The predicted molar refractivity (Wildman–Crippen MR) is 92.3 cm³/mol. The molecule has 2 aromatic rings. The Morgan fingerprint density at radius 1 is 1.17 bits per heavy atom. The number of nitrogens with one attached hydrogen (secondary N) is 1. The second-order valence-electron chi connectivity index (χ2n) is 6.24. The van der Waals surface area contributed by atoms with Crippen LogP contribution in [0.1, 0.15) is 36.9 Å². The second-order valence-corrected chi connectivity index (χ2v) is 7.32. The van der Waals surface area contributed by atoms with Crippen molar-refractivity contribution in [2.75, 3.05) is 6.79 Å². The van der Waals surface area contributed by atoms with Crippen molar-refractivity contribution < 1.29 is 14.3 Å². The third-order valence-electron chi connectivity index (χ3n) is 3.69. The van der Waals surface area contributed by atoms with E-state index in [0.717, 1.165) is 33.2 Å². The number of fused-ring (bicyclic) bond motifs is 1. The Balaban J connectivity index is 1.71. The molecule has 2 heterocycles. The summed E-state index contributed by atoms with van der Waals surface area (Å²) in [5.41, 5.74) is 1.04. The molecule has 0 saturated heterocycles. The van der Waals surface area contributed by atoms with E-state index in [-0.39, 0.29) is 18.7 Å². The summed E-state index contributed by atoms with van der Waals surface area (Å²) in [4.78, 5) is 14.1. The van der Waals surface area contributed by atoms with E-state index >= 15 is 0 Å². The Hall–Kier alpha value is -2.01. The number of ether oxygens (including phenoxy) is 2. The van der Waals surface area contributed by atoms with E-state index in [1.165, 1.54) is 11.3 Å². The molecule has 0 aliphatic carbocycles. The molecule has 0 fully saturated rings. The maximum absolute atomic E-state index is 12.3. The Bertz CT molecular complexity index is 708. The van der Waals surface area contributed by atoms with Gasteiger partial charge in [-0.2, -0.15) is 0 Å². The van der Waals surface area contributed by atoms with Gasteiger partial charge in [0, 0.05) is 10.9 Å². The summed E-state index contributed by atoms with van der Waals surface area (Å²) in [6, 6.07) is 9.88. The van der Waals surface area contributed by atoms with Crippen LogP contribution in [-0.2, 0) is 0 Å². The SMILES string of the molecule is CC(C)CC(C)NC(=O)c1ccc(-c2ccc3c(c2)OCO3)s1. The third-order valence-corrected chi connectivity index (χ3v) is 4.82. The van der Waals surface area contributed by atoms with Crippen LogP contribution in [0.15, 0.2) is 30.3 Å². The molecule has 1 unspecified atom stereocenters. The van der Waals surface area contributed by atoms with Gasteiger partial charge in [0.15, 0.2) is 11.5 Å². The van der Waals surface area contributed by atoms with Crippen molar-refractivity contribution in [2.45, 2.75) is 33.2 Å². The Kier molecular flexibility index (Phi) is 4.57. The fourth-order valence-electron chi connectivity index (χ4n) is 2.73. The van der Waals surface area contributed by atoms with Gasteiger partial charge in [-0.15, -0.1) is 11.3 Å². The van der Waals surface area contributed by atoms with E-state index in [4.69, 9.17) is 9.47 Å². The van der Waals surface area contributed by atoms with Gasteiger partial charge >= 0.3 is 0 Å². The van der Waals surface area contributed by atoms with Gasteiger partial charge in [0.25, 0.3) is 5.91 Å². The quantitative estimate of drug-likeness (QED) is 0.888. The lowest BCUT2D eigenvalue weighted by molar-refractivity contribution is 0.0940. The van der Waals surface area contributed by atoms with Gasteiger partial charge in [-0.3, -0.25) is 4.79 Å². The van der Waals surface area contributed by atoms with Crippen LogP contribution in [-0.4, -0.2) is 18.7 Å². The zero-order valence-electron chi connectivity index (χ0n) is 13.6. The second kappa shape index (κ2) is 6.62. The average molecular weight is 331 g/mol. The van der Waals surface area contributed by atoms with Crippen LogP contribution >= 0.6 is 11.3 Å². The van der Waals surface area contributed by atoms with E-state index in [9.17, 15) is 4.79 Å². The number of carbonyl (C=O) groups excluding carboxylic acids is 1. The zero-order valence-corrected chi connectivity index (χ0v) is 14.4. The molecule has 1 N–H and O–H groups in total. The first kappa shape index (κ1) is 15.9. The van der Waals surface area contributed by atoms with Crippen LogP contribution in [0.3, 0.4) is 0 Å². The molecule has 1 aliphatic heterocycles. The van der Waals surface area contributed by atoms with E-state index in [0.29, 0.717) is 5.92 Å². The minimum Gasteiger partial charge on any atom is -0.454 e. The van der Waals surface area contributed by atoms with E-state index in [2.05, 4.69) is 19.2 Å². The molecule has 0 spiro atoms. The molecular formula is C18H21NO3S. The van der Waals surface area contributed by atoms with Crippen molar-refractivity contribution >= 4 is 17.2 Å². The minimum atomic E-state index is -0.00450. The summed E-state index contributed by atoms with van der Waals surface area (Å²) in [6.45, 7) is 6.63. The van der Waals surface area contributed by atoms with Crippen LogP contribution in [0.4, 0.5) is 0 Å². The molecule has 1 aromatic heterocycles. The first-order valence-corrected chi connectivity index (χ1v) is 8.65. The normalized spacial score (nSPS) is 14.1. The molecule has 1 aromatic carbocycles. The smallest absolute Gasteiger partial charge is 0.261 e. The molecule has 1 amide bonds. The molecule has 0 saturated carbocycles. The van der Waals surface area contributed by atoms with Crippen LogP contribution < -0.4 is 14.8 Å². The molecule has 0 radical (unpaired) electrons. The molecule has 122 valence electrons. The summed E-state index contributed by atoms with van der Waals surface area (Å²) < 4.78 is 10.7. The summed E-state index contributed by atoms with van der Waals surface area (Å²) in [7, 11) is 0. The largest absolute Gasteiger partial charge is 0.454 e. The van der Waals surface area contributed by atoms with Crippen molar-refractivity contribution in [1.82, 2.24) is 5.32 Å². The number of hydrogen-bond acceptors (Lipinski definition) is 4. The molecule has 3 rings (SSSR count). The first-order chi connectivity index (χ1) is 11.0. The monoisotopic (exact) mass is 331 g/mol. The summed E-state index contributed by atoms with van der Waals surface area (Å²) >= 11 is 1.49. The highest BCUT2D eigenvalue weighted by Gasteiger charge is 2.17. The van der Waals surface area contributed by atoms with Gasteiger partial charge in [-0.05, 0) is 55.2 Å². The molecule has 4 nitrogen and oxygen atoms in total. The molecule has 5 heteroatoms. The fourth-order valence-corrected chi connectivity index (χ4v) is 3.63. The number of benzene rings is 1. The Morgan fingerprint density at radius 3 is 2.74 bits per heavy atom. The van der Waals surface area contributed by atoms with Crippen LogP contribution in [0.5, 0.6) is 11.5 Å². The van der Waals surface area contributed by atoms with Crippen molar-refractivity contribution in [3.05, 3.63) is 35.2 Å². The Labute approximate surface area is 140 Å². The zero-order chi connectivity index (χ0) is 16.4. The van der Waals surface area contributed by atoms with Crippen molar-refractivity contribution in [3.8, 4) is 21.9 Å².